The van der Waals surface area contributed by atoms with E-state index in [4.69, 9.17) is 10.8 Å². The Bertz CT molecular complexity index is 200. The normalized spacial score (nSPS) is 9.44. The van der Waals surface area contributed by atoms with Crippen LogP contribution in [0.15, 0.2) is 18.5 Å². The van der Waals surface area contributed by atoms with Crippen molar-refractivity contribution in [3.63, 3.8) is 0 Å². The third-order valence-corrected chi connectivity index (χ3v) is 1.08. The highest BCUT2D eigenvalue weighted by Gasteiger charge is 1.93. The lowest BCUT2D eigenvalue weighted by Gasteiger charge is -1.95. The van der Waals surface area contributed by atoms with Crippen LogP contribution in [0.3, 0.4) is 0 Å². The number of hydrogen-bond acceptors (Lipinski definition) is 2. The molecule has 0 aromatic carbocycles. The first-order chi connectivity index (χ1) is 4.34. The third-order valence-electron chi connectivity index (χ3n) is 1.08. The van der Waals surface area contributed by atoms with E-state index in [-0.39, 0.29) is 6.61 Å². The van der Waals surface area contributed by atoms with Crippen LogP contribution in [0.1, 0.15) is 5.56 Å². The molecule has 47 valence electrons. The van der Waals surface area contributed by atoms with E-state index >= 15 is 0 Å². The molecule has 0 unspecified atom stereocenters. The summed E-state index contributed by atoms with van der Waals surface area (Å²) in [4.78, 5) is 3.69. The fourth-order valence-corrected chi connectivity index (χ4v) is 0.561. The van der Waals surface area contributed by atoms with Gasteiger partial charge in [-0.05, 0) is 6.07 Å². The van der Waals surface area contributed by atoms with Gasteiger partial charge in [-0.1, -0.05) is 0 Å². The first-order valence-electron chi connectivity index (χ1n) is 2.60. The second kappa shape index (κ2) is 2.46. The molecule has 0 fully saturated rings. The van der Waals surface area contributed by atoms with Crippen LogP contribution in [0, 0.1) is 0 Å². The molecule has 0 aliphatic carbocycles. The molecular formula is C6H7N2O. The highest BCUT2D eigenvalue weighted by molar-refractivity contribution is 5.39. The molecule has 0 bridgehead atoms. The van der Waals surface area contributed by atoms with Gasteiger partial charge in [-0.15, -0.1) is 0 Å². The first-order valence-corrected chi connectivity index (χ1v) is 2.60. The van der Waals surface area contributed by atoms with E-state index in [9.17, 15) is 0 Å². The van der Waals surface area contributed by atoms with Gasteiger partial charge in [0.2, 0.25) is 0 Å². The number of nitrogens with one attached hydrogen (secondary N) is 1. The highest BCUT2D eigenvalue weighted by atomic mass is 16.3. The Labute approximate surface area is 53.2 Å². The topological polar surface area (TPSA) is 56.9 Å². The number of aromatic nitrogens is 1. The van der Waals surface area contributed by atoms with Crippen molar-refractivity contribution in [3.05, 3.63) is 24.0 Å². The maximum Gasteiger partial charge on any atom is 0.0778 e. The summed E-state index contributed by atoms with van der Waals surface area (Å²) in [7, 11) is 0. The van der Waals surface area contributed by atoms with Crippen LogP contribution in [-0.2, 0) is 6.61 Å². The number of aliphatic hydroxyl groups excluding tert-OH is 1. The third kappa shape index (κ3) is 1.17. The van der Waals surface area contributed by atoms with Crippen LogP contribution in [0.25, 0.3) is 0 Å². The summed E-state index contributed by atoms with van der Waals surface area (Å²) in [5.74, 6) is 0. The molecular weight excluding hydrogens is 116 g/mol. The zero-order valence-corrected chi connectivity index (χ0v) is 4.83. The van der Waals surface area contributed by atoms with E-state index in [1.54, 1.807) is 12.3 Å². The van der Waals surface area contributed by atoms with Gasteiger partial charge < -0.3 is 5.11 Å². The molecule has 1 heterocycles. The second-order valence-corrected chi connectivity index (χ2v) is 1.69. The fraction of sp³-hybridized carbons (Fsp3) is 0.167. The van der Waals surface area contributed by atoms with Gasteiger partial charge in [0.05, 0.1) is 18.5 Å². The van der Waals surface area contributed by atoms with Gasteiger partial charge in [0.25, 0.3) is 0 Å². The Kier molecular flexibility index (Phi) is 1.65. The van der Waals surface area contributed by atoms with Crippen molar-refractivity contribution in [2.75, 3.05) is 0 Å². The molecule has 2 N–H and O–H groups in total. The van der Waals surface area contributed by atoms with Crippen molar-refractivity contribution < 1.29 is 5.11 Å². The van der Waals surface area contributed by atoms with Gasteiger partial charge in [0.1, 0.15) is 0 Å². The molecule has 3 heteroatoms. The number of rotatable bonds is 1. The first kappa shape index (κ1) is 6.04. The predicted octanol–water partition coefficient (Wildman–Crippen LogP) is 0.488. The van der Waals surface area contributed by atoms with Crippen LogP contribution in [0.4, 0.5) is 5.69 Å². The fourth-order valence-electron chi connectivity index (χ4n) is 0.561. The minimum atomic E-state index is -0.0820. The number of nitrogens with zero attached hydrogens (tertiary/aromatic N) is 1. The van der Waals surface area contributed by atoms with Crippen LogP contribution in [0.5, 0.6) is 0 Å². The number of pyridine rings is 1. The monoisotopic (exact) mass is 123 g/mol. The molecule has 1 aromatic rings. The Balaban J connectivity index is 3.01. The van der Waals surface area contributed by atoms with Gasteiger partial charge in [-0.3, -0.25) is 10.7 Å². The zero-order chi connectivity index (χ0) is 6.69. The molecule has 1 radical (unpaired) electrons. The summed E-state index contributed by atoms with van der Waals surface area (Å²) in [6.07, 6.45) is 2.97. The van der Waals surface area contributed by atoms with Crippen LogP contribution < -0.4 is 5.73 Å². The minimum absolute atomic E-state index is 0.0820. The molecule has 3 nitrogen and oxygen atoms in total. The molecule has 1 aromatic heterocycles. The zero-order valence-electron chi connectivity index (χ0n) is 4.83. The highest BCUT2D eigenvalue weighted by Crippen LogP contribution is 2.08. The lowest BCUT2D eigenvalue weighted by atomic mass is 10.2. The molecule has 0 saturated carbocycles. The Hall–Kier alpha value is -1.09. The smallest absolute Gasteiger partial charge is 0.0778 e. The van der Waals surface area contributed by atoms with Crippen LogP contribution in [-0.4, -0.2) is 10.1 Å². The van der Waals surface area contributed by atoms with E-state index < -0.39 is 0 Å². The molecule has 0 atom stereocenters. The van der Waals surface area contributed by atoms with Crippen LogP contribution in [0.2, 0.25) is 0 Å². The standard InChI is InChI=1S/C6H7N2O/c7-6-3-8-2-1-5(6)4-9/h1-3,7,9H,4H2. The van der Waals surface area contributed by atoms with E-state index in [1.165, 1.54) is 6.20 Å². The summed E-state index contributed by atoms with van der Waals surface area (Å²) < 4.78 is 0. The van der Waals surface area contributed by atoms with Gasteiger partial charge in [0.15, 0.2) is 0 Å². The van der Waals surface area contributed by atoms with E-state index in [1.807, 2.05) is 0 Å². The Morgan fingerprint density at radius 2 is 2.44 bits per heavy atom. The average molecular weight is 123 g/mol. The van der Waals surface area contributed by atoms with Gasteiger partial charge in [-0.25, -0.2) is 0 Å². The number of aliphatic hydroxyl groups is 1. The van der Waals surface area contributed by atoms with Crippen molar-refractivity contribution in [1.29, 1.82) is 0 Å². The summed E-state index contributed by atoms with van der Waals surface area (Å²) in [6, 6.07) is 1.63. The van der Waals surface area contributed by atoms with Crippen molar-refractivity contribution in [3.8, 4) is 0 Å². The van der Waals surface area contributed by atoms with Crippen molar-refractivity contribution in [2.24, 2.45) is 0 Å². The van der Waals surface area contributed by atoms with Gasteiger partial charge in [0, 0.05) is 11.8 Å². The molecule has 0 aliphatic heterocycles. The summed E-state index contributed by atoms with van der Waals surface area (Å²) >= 11 is 0. The molecule has 0 amide bonds. The summed E-state index contributed by atoms with van der Waals surface area (Å²) in [6.45, 7) is -0.0820. The maximum atomic E-state index is 8.57. The van der Waals surface area contributed by atoms with E-state index in [0.29, 0.717) is 11.3 Å². The quantitative estimate of drug-likeness (QED) is 0.590. The van der Waals surface area contributed by atoms with Crippen molar-refractivity contribution in [1.82, 2.24) is 10.7 Å². The molecule has 9 heavy (non-hydrogen) atoms. The lowest BCUT2D eigenvalue weighted by molar-refractivity contribution is 0.282. The summed E-state index contributed by atoms with van der Waals surface area (Å²) in [5.41, 5.74) is 8.06. The maximum absolute atomic E-state index is 8.57. The Morgan fingerprint density at radius 3 is 2.89 bits per heavy atom. The number of hydrogen-bond donors (Lipinski definition) is 1. The van der Waals surface area contributed by atoms with Crippen molar-refractivity contribution >= 4 is 5.69 Å². The summed E-state index contributed by atoms with van der Waals surface area (Å²) in [5, 5.41) is 8.57. The molecule has 0 aliphatic rings. The van der Waals surface area contributed by atoms with Crippen molar-refractivity contribution in [2.45, 2.75) is 6.61 Å². The van der Waals surface area contributed by atoms with E-state index in [0.717, 1.165) is 0 Å². The van der Waals surface area contributed by atoms with Crippen LogP contribution >= 0.6 is 0 Å². The SMILES string of the molecule is [NH]c1cnccc1CO. The van der Waals surface area contributed by atoms with Gasteiger partial charge >= 0.3 is 0 Å². The lowest BCUT2D eigenvalue weighted by Crippen LogP contribution is -1.85. The molecule has 0 saturated heterocycles. The molecule has 1 rings (SSSR count). The average Bonchev–Trinajstić information content (AvgIpc) is 1.89. The minimum Gasteiger partial charge on any atom is -0.392 e. The predicted molar refractivity (Wildman–Crippen MR) is 32.9 cm³/mol. The van der Waals surface area contributed by atoms with Gasteiger partial charge in [-0.2, -0.15) is 0 Å². The molecule has 0 spiro atoms. The largest absolute Gasteiger partial charge is 0.392 e. The van der Waals surface area contributed by atoms with E-state index in [2.05, 4.69) is 4.98 Å². The second-order valence-electron chi connectivity index (χ2n) is 1.69. The Morgan fingerprint density at radius 1 is 1.67 bits per heavy atom.